The first-order valence-electron chi connectivity index (χ1n) is 6.39. The fourth-order valence-electron chi connectivity index (χ4n) is 2.58. The normalized spacial score (nSPS) is 23.1. The molecule has 1 aromatic carbocycles. The molecular formula is C14H20N2O3. The number of rotatable bonds is 3. The number of carbonyl (C=O) groups is 1. The first-order valence-corrected chi connectivity index (χ1v) is 6.39. The van der Waals surface area contributed by atoms with E-state index in [-0.39, 0.29) is 6.04 Å². The molecule has 104 valence electrons. The van der Waals surface area contributed by atoms with E-state index in [1.807, 2.05) is 26.0 Å². The van der Waals surface area contributed by atoms with Crippen LogP contribution in [0.15, 0.2) is 12.1 Å². The molecule has 1 aliphatic heterocycles. The molecule has 0 aromatic heterocycles. The summed E-state index contributed by atoms with van der Waals surface area (Å²) in [5.74, 6) is 0.00182. The van der Waals surface area contributed by atoms with Crippen molar-refractivity contribution in [1.82, 2.24) is 10.6 Å². The Morgan fingerprint density at radius 3 is 2.58 bits per heavy atom. The largest absolute Gasteiger partial charge is 0.496 e. The van der Waals surface area contributed by atoms with Crippen LogP contribution in [-0.2, 0) is 4.79 Å². The topological polar surface area (TPSA) is 70.6 Å². The van der Waals surface area contributed by atoms with Crippen molar-refractivity contribution in [3.8, 4) is 5.75 Å². The average Bonchev–Trinajstić information content (AvgIpc) is 2.40. The summed E-state index contributed by atoms with van der Waals surface area (Å²) in [7, 11) is 1.64. The van der Waals surface area contributed by atoms with Crippen LogP contribution in [-0.4, -0.2) is 37.3 Å². The molecule has 1 aromatic rings. The summed E-state index contributed by atoms with van der Waals surface area (Å²) in [4.78, 5) is 11.3. The maximum atomic E-state index is 11.3. The van der Waals surface area contributed by atoms with Crippen molar-refractivity contribution in [2.24, 2.45) is 0 Å². The number of nitrogens with one attached hydrogen (secondary N) is 2. The number of carboxylic acid groups (broad SMARTS) is 1. The lowest BCUT2D eigenvalue weighted by Crippen LogP contribution is -2.54. The second-order valence-corrected chi connectivity index (χ2v) is 4.88. The Morgan fingerprint density at radius 2 is 1.95 bits per heavy atom. The van der Waals surface area contributed by atoms with Crippen LogP contribution < -0.4 is 15.4 Å². The molecular weight excluding hydrogens is 244 g/mol. The average molecular weight is 264 g/mol. The van der Waals surface area contributed by atoms with Gasteiger partial charge in [-0.05, 0) is 36.6 Å². The second-order valence-electron chi connectivity index (χ2n) is 4.88. The molecule has 1 aliphatic rings. The van der Waals surface area contributed by atoms with Gasteiger partial charge in [0.05, 0.1) is 13.2 Å². The molecule has 2 atom stereocenters. The first kappa shape index (κ1) is 13.8. The van der Waals surface area contributed by atoms with E-state index in [9.17, 15) is 9.90 Å². The molecule has 1 fully saturated rings. The van der Waals surface area contributed by atoms with Gasteiger partial charge < -0.3 is 20.5 Å². The highest BCUT2D eigenvalue weighted by Crippen LogP contribution is 2.29. The number of piperazine rings is 1. The lowest BCUT2D eigenvalue weighted by molar-refractivity contribution is -0.140. The monoisotopic (exact) mass is 264 g/mol. The highest BCUT2D eigenvalue weighted by atomic mass is 16.5. The third-order valence-corrected chi connectivity index (χ3v) is 3.57. The number of hydrogen-bond donors (Lipinski definition) is 3. The van der Waals surface area contributed by atoms with Crippen LogP contribution in [0.5, 0.6) is 5.75 Å². The molecule has 1 heterocycles. The Kier molecular flexibility index (Phi) is 4.07. The van der Waals surface area contributed by atoms with Crippen molar-refractivity contribution >= 4 is 5.97 Å². The van der Waals surface area contributed by atoms with E-state index in [1.54, 1.807) is 7.11 Å². The number of methoxy groups -OCH3 is 1. The van der Waals surface area contributed by atoms with Crippen LogP contribution in [0, 0.1) is 13.8 Å². The van der Waals surface area contributed by atoms with Gasteiger partial charge in [-0.2, -0.15) is 0 Å². The highest BCUT2D eigenvalue weighted by molar-refractivity contribution is 5.75. The number of benzene rings is 1. The van der Waals surface area contributed by atoms with E-state index in [0.29, 0.717) is 6.54 Å². The Morgan fingerprint density at radius 1 is 1.26 bits per heavy atom. The molecule has 0 bridgehead atoms. The van der Waals surface area contributed by atoms with Gasteiger partial charge in [-0.3, -0.25) is 4.79 Å². The van der Waals surface area contributed by atoms with Crippen LogP contribution in [0.1, 0.15) is 22.7 Å². The fourth-order valence-corrected chi connectivity index (χ4v) is 2.58. The Balaban J connectivity index is 2.39. The van der Waals surface area contributed by atoms with Gasteiger partial charge in [0.25, 0.3) is 0 Å². The third kappa shape index (κ3) is 2.72. The molecule has 19 heavy (non-hydrogen) atoms. The number of aliphatic carboxylic acids is 1. The van der Waals surface area contributed by atoms with Gasteiger partial charge in [0.15, 0.2) is 0 Å². The molecule has 3 N–H and O–H groups in total. The van der Waals surface area contributed by atoms with E-state index in [4.69, 9.17) is 4.74 Å². The maximum Gasteiger partial charge on any atom is 0.322 e. The molecule has 5 nitrogen and oxygen atoms in total. The quantitative estimate of drug-likeness (QED) is 0.760. The van der Waals surface area contributed by atoms with Crippen LogP contribution >= 0.6 is 0 Å². The summed E-state index contributed by atoms with van der Waals surface area (Å²) >= 11 is 0. The van der Waals surface area contributed by atoms with E-state index < -0.39 is 12.0 Å². The van der Waals surface area contributed by atoms with Crippen LogP contribution in [0.2, 0.25) is 0 Å². The molecule has 2 rings (SSSR count). The van der Waals surface area contributed by atoms with Crippen LogP contribution in [0.4, 0.5) is 0 Å². The molecule has 5 heteroatoms. The molecule has 0 amide bonds. The third-order valence-electron chi connectivity index (χ3n) is 3.57. The smallest absolute Gasteiger partial charge is 0.322 e. The molecule has 1 saturated heterocycles. The second kappa shape index (κ2) is 5.59. The van der Waals surface area contributed by atoms with Gasteiger partial charge in [-0.25, -0.2) is 0 Å². The van der Waals surface area contributed by atoms with Gasteiger partial charge in [-0.15, -0.1) is 0 Å². The zero-order valence-corrected chi connectivity index (χ0v) is 11.5. The van der Waals surface area contributed by atoms with E-state index in [0.717, 1.165) is 29.0 Å². The lowest BCUT2D eigenvalue weighted by Gasteiger charge is -2.32. The SMILES string of the molecule is COc1cc(C)c(C2NCCNC2C(=O)O)cc1C. The molecule has 0 saturated carbocycles. The standard InChI is InChI=1S/C14H20N2O3/c1-8-7-11(19-3)9(2)6-10(8)12-13(14(17)18)16-5-4-15-12/h6-7,12-13,15-16H,4-5H2,1-3H3,(H,17,18). The van der Waals surface area contributed by atoms with Crippen LogP contribution in [0.25, 0.3) is 0 Å². The van der Waals surface area contributed by atoms with Crippen molar-refractivity contribution < 1.29 is 14.6 Å². The number of hydrogen-bond acceptors (Lipinski definition) is 4. The molecule has 0 aliphatic carbocycles. The summed E-state index contributed by atoms with van der Waals surface area (Å²) < 4.78 is 5.29. The van der Waals surface area contributed by atoms with Crippen molar-refractivity contribution in [3.05, 3.63) is 28.8 Å². The zero-order valence-electron chi connectivity index (χ0n) is 11.5. The number of carboxylic acids is 1. The zero-order chi connectivity index (χ0) is 14.0. The van der Waals surface area contributed by atoms with E-state index in [2.05, 4.69) is 10.6 Å². The van der Waals surface area contributed by atoms with Crippen molar-refractivity contribution in [1.29, 1.82) is 0 Å². The predicted octanol–water partition coefficient (Wildman–Crippen LogP) is 0.999. The predicted molar refractivity (Wildman–Crippen MR) is 72.6 cm³/mol. The minimum Gasteiger partial charge on any atom is -0.496 e. The van der Waals surface area contributed by atoms with Crippen molar-refractivity contribution in [2.75, 3.05) is 20.2 Å². The summed E-state index contributed by atoms with van der Waals surface area (Å²) in [5, 5.41) is 15.6. The van der Waals surface area contributed by atoms with E-state index in [1.165, 1.54) is 0 Å². The van der Waals surface area contributed by atoms with Gasteiger partial charge in [0, 0.05) is 13.1 Å². The summed E-state index contributed by atoms with van der Waals surface area (Å²) in [6, 6.07) is 3.16. The molecule has 0 spiro atoms. The summed E-state index contributed by atoms with van der Waals surface area (Å²) in [5.41, 5.74) is 3.06. The number of aryl methyl sites for hydroxylation is 2. The first-order chi connectivity index (χ1) is 9.04. The van der Waals surface area contributed by atoms with Gasteiger partial charge >= 0.3 is 5.97 Å². The Hall–Kier alpha value is -1.59. The summed E-state index contributed by atoms with van der Waals surface area (Å²) in [6.45, 7) is 5.38. The minimum atomic E-state index is -0.829. The number of ether oxygens (including phenoxy) is 1. The van der Waals surface area contributed by atoms with Gasteiger partial charge in [-0.1, -0.05) is 6.07 Å². The van der Waals surface area contributed by atoms with Crippen LogP contribution in [0.3, 0.4) is 0 Å². The molecule has 2 unspecified atom stereocenters. The highest BCUT2D eigenvalue weighted by Gasteiger charge is 2.32. The maximum absolute atomic E-state index is 11.3. The molecule has 0 radical (unpaired) electrons. The minimum absolute atomic E-state index is 0.212. The lowest BCUT2D eigenvalue weighted by atomic mass is 9.92. The summed E-state index contributed by atoms with van der Waals surface area (Å²) in [6.07, 6.45) is 0. The Bertz CT molecular complexity index is 488. The van der Waals surface area contributed by atoms with Gasteiger partial charge in [0.2, 0.25) is 0 Å². The Labute approximate surface area is 113 Å². The van der Waals surface area contributed by atoms with Crippen molar-refractivity contribution in [2.45, 2.75) is 25.9 Å². The van der Waals surface area contributed by atoms with Crippen molar-refractivity contribution in [3.63, 3.8) is 0 Å². The van der Waals surface area contributed by atoms with Gasteiger partial charge in [0.1, 0.15) is 11.8 Å². The van der Waals surface area contributed by atoms with E-state index >= 15 is 0 Å². The fraction of sp³-hybridized carbons (Fsp3) is 0.500.